The average molecular weight is 458 g/mol. The lowest BCUT2D eigenvalue weighted by atomic mass is 10.0. The zero-order valence-electron chi connectivity index (χ0n) is 18.2. The van der Waals surface area contributed by atoms with Gasteiger partial charge in [0.15, 0.2) is 11.6 Å². The van der Waals surface area contributed by atoms with Crippen LogP contribution in [0, 0.1) is 5.82 Å². The summed E-state index contributed by atoms with van der Waals surface area (Å²) >= 11 is 1.65. The molecular weight excluding hydrogens is 429 g/mol. The van der Waals surface area contributed by atoms with Gasteiger partial charge in [-0.3, -0.25) is 0 Å². The number of methoxy groups -OCH3 is 1. The third kappa shape index (κ3) is 4.91. The van der Waals surface area contributed by atoms with Gasteiger partial charge in [-0.05, 0) is 49.4 Å². The molecule has 1 aliphatic rings. The zero-order chi connectivity index (χ0) is 22.5. The van der Waals surface area contributed by atoms with E-state index in [2.05, 4.69) is 32.5 Å². The van der Waals surface area contributed by atoms with Crippen molar-refractivity contribution in [3.05, 3.63) is 46.4 Å². The van der Waals surface area contributed by atoms with Gasteiger partial charge in [0.25, 0.3) is 0 Å². The number of thiophene rings is 1. The van der Waals surface area contributed by atoms with Crippen molar-refractivity contribution in [2.24, 2.45) is 0 Å². The van der Waals surface area contributed by atoms with E-state index in [1.165, 1.54) is 13.2 Å². The molecule has 4 rings (SSSR count). The van der Waals surface area contributed by atoms with Crippen LogP contribution in [-0.4, -0.2) is 40.7 Å². The molecule has 0 amide bonds. The standard InChI is InChI=1S/C22H28FN7OS/c1-3-18(17-7-4-10-25-17)30(14-8-9-19(31-2)16(23)12-14)22-28-20(24)27-21(29-22)26-13-15-6-5-11-32-15/h5-6,8-9,11-12,17-18,25H,3-4,7,10,13H2,1-2H3,(H3,24,26,27,28,29). The van der Waals surface area contributed by atoms with Gasteiger partial charge in [-0.2, -0.15) is 15.0 Å². The van der Waals surface area contributed by atoms with Gasteiger partial charge in [-0.25, -0.2) is 4.39 Å². The summed E-state index contributed by atoms with van der Waals surface area (Å²) < 4.78 is 19.8. The van der Waals surface area contributed by atoms with Crippen molar-refractivity contribution >= 4 is 34.9 Å². The first kappa shape index (κ1) is 22.2. The topological polar surface area (TPSA) is 101 Å². The van der Waals surface area contributed by atoms with Crippen LogP contribution in [0.1, 0.15) is 31.1 Å². The molecular formula is C22H28FN7OS. The van der Waals surface area contributed by atoms with Gasteiger partial charge in [0, 0.05) is 22.7 Å². The summed E-state index contributed by atoms with van der Waals surface area (Å²) in [5, 5.41) is 8.80. The number of aromatic nitrogens is 3. The Morgan fingerprint density at radius 1 is 1.34 bits per heavy atom. The number of rotatable bonds is 9. The number of nitrogen functional groups attached to an aromatic ring is 1. The average Bonchev–Trinajstić information content (AvgIpc) is 3.50. The number of nitrogens with zero attached hydrogens (tertiary/aromatic N) is 4. The second-order valence-electron chi connectivity index (χ2n) is 7.62. The molecule has 8 nitrogen and oxygen atoms in total. The molecule has 0 bridgehead atoms. The van der Waals surface area contributed by atoms with E-state index in [1.807, 2.05) is 28.5 Å². The van der Waals surface area contributed by atoms with Crippen LogP contribution in [0.4, 0.5) is 27.9 Å². The van der Waals surface area contributed by atoms with Gasteiger partial charge < -0.3 is 26.0 Å². The van der Waals surface area contributed by atoms with Gasteiger partial charge in [0.05, 0.1) is 19.7 Å². The molecule has 1 aromatic carbocycles. The van der Waals surface area contributed by atoms with E-state index in [-0.39, 0.29) is 23.8 Å². The van der Waals surface area contributed by atoms with Crippen LogP contribution in [0.15, 0.2) is 35.7 Å². The fraction of sp³-hybridized carbons (Fsp3) is 0.409. The second kappa shape index (κ2) is 10.1. The molecule has 2 unspecified atom stereocenters. The number of halogens is 1. The number of hydrogen-bond donors (Lipinski definition) is 3. The van der Waals surface area contributed by atoms with E-state index < -0.39 is 5.82 Å². The first-order chi connectivity index (χ1) is 15.6. The van der Waals surface area contributed by atoms with Crippen molar-refractivity contribution < 1.29 is 9.13 Å². The molecule has 32 heavy (non-hydrogen) atoms. The van der Waals surface area contributed by atoms with Gasteiger partial charge in [-0.1, -0.05) is 13.0 Å². The van der Waals surface area contributed by atoms with E-state index in [0.717, 1.165) is 30.7 Å². The summed E-state index contributed by atoms with van der Waals surface area (Å²) in [6.45, 7) is 3.65. The van der Waals surface area contributed by atoms with Crippen molar-refractivity contribution in [1.82, 2.24) is 20.3 Å². The number of benzene rings is 1. The van der Waals surface area contributed by atoms with E-state index in [4.69, 9.17) is 10.5 Å². The third-order valence-corrected chi connectivity index (χ3v) is 6.46. The minimum Gasteiger partial charge on any atom is -0.494 e. The van der Waals surface area contributed by atoms with Crippen LogP contribution in [0.2, 0.25) is 0 Å². The maximum atomic E-state index is 14.7. The Bertz CT molecular complexity index is 1030. The molecule has 1 aliphatic heterocycles. The summed E-state index contributed by atoms with van der Waals surface area (Å²) in [5.41, 5.74) is 6.70. The van der Waals surface area contributed by atoms with Gasteiger partial charge >= 0.3 is 0 Å². The maximum absolute atomic E-state index is 14.7. The molecule has 2 atom stereocenters. The smallest absolute Gasteiger partial charge is 0.236 e. The first-order valence-corrected chi connectivity index (χ1v) is 11.6. The summed E-state index contributed by atoms with van der Waals surface area (Å²) in [4.78, 5) is 16.5. The highest BCUT2D eigenvalue weighted by Gasteiger charge is 2.32. The van der Waals surface area contributed by atoms with Crippen molar-refractivity contribution in [3.8, 4) is 5.75 Å². The molecule has 0 aliphatic carbocycles. The van der Waals surface area contributed by atoms with Crippen LogP contribution in [0.3, 0.4) is 0 Å². The van der Waals surface area contributed by atoms with Crippen LogP contribution < -0.4 is 26.0 Å². The van der Waals surface area contributed by atoms with Crippen molar-refractivity contribution in [2.75, 3.05) is 29.6 Å². The molecule has 4 N–H and O–H groups in total. The SMILES string of the molecule is CCC(C1CCCN1)N(c1ccc(OC)c(F)c1)c1nc(N)nc(NCc2cccs2)n1. The van der Waals surface area contributed by atoms with Crippen molar-refractivity contribution in [1.29, 1.82) is 0 Å². The monoisotopic (exact) mass is 457 g/mol. The summed E-state index contributed by atoms with van der Waals surface area (Å²) in [5.74, 6) is 0.624. The molecule has 170 valence electrons. The summed E-state index contributed by atoms with van der Waals surface area (Å²) in [6.07, 6.45) is 2.94. The fourth-order valence-electron chi connectivity index (χ4n) is 4.09. The van der Waals surface area contributed by atoms with E-state index in [9.17, 15) is 4.39 Å². The largest absolute Gasteiger partial charge is 0.494 e. The molecule has 10 heteroatoms. The molecule has 3 aromatic rings. The number of nitrogens with one attached hydrogen (secondary N) is 2. The molecule has 1 fully saturated rings. The van der Waals surface area contributed by atoms with E-state index in [0.29, 0.717) is 24.1 Å². The normalized spacial score (nSPS) is 16.7. The highest BCUT2D eigenvalue weighted by atomic mass is 32.1. The van der Waals surface area contributed by atoms with Crippen LogP contribution in [-0.2, 0) is 6.54 Å². The lowest BCUT2D eigenvalue weighted by molar-refractivity contribution is 0.386. The minimum atomic E-state index is -0.442. The first-order valence-electron chi connectivity index (χ1n) is 10.7. The lowest BCUT2D eigenvalue weighted by Gasteiger charge is -2.35. The fourth-order valence-corrected chi connectivity index (χ4v) is 4.74. The Hall–Kier alpha value is -2.98. The highest BCUT2D eigenvalue weighted by Crippen LogP contribution is 2.33. The third-order valence-electron chi connectivity index (χ3n) is 5.58. The molecule has 1 saturated heterocycles. The lowest BCUT2D eigenvalue weighted by Crippen LogP contribution is -2.46. The summed E-state index contributed by atoms with van der Waals surface area (Å²) in [7, 11) is 1.45. The zero-order valence-corrected chi connectivity index (χ0v) is 19.0. The van der Waals surface area contributed by atoms with E-state index in [1.54, 1.807) is 17.4 Å². The van der Waals surface area contributed by atoms with Crippen molar-refractivity contribution in [2.45, 2.75) is 44.8 Å². The molecule has 0 radical (unpaired) electrons. The Balaban J connectivity index is 1.72. The number of ether oxygens (including phenoxy) is 1. The number of hydrogen-bond acceptors (Lipinski definition) is 9. The summed E-state index contributed by atoms with van der Waals surface area (Å²) in [6, 6.07) is 9.16. The predicted molar refractivity (Wildman–Crippen MR) is 126 cm³/mol. The predicted octanol–water partition coefficient (Wildman–Crippen LogP) is 3.94. The van der Waals surface area contributed by atoms with E-state index >= 15 is 0 Å². The second-order valence-corrected chi connectivity index (χ2v) is 8.65. The van der Waals surface area contributed by atoms with Crippen LogP contribution in [0.5, 0.6) is 5.75 Å². The molecule has 3 heterocycles. The Morgan fingerprint density at radius 2 is 2.22 bits per heavy atom. The van der Waals surface area contributed by atoms with Gasteiger partial charge in [0.1, 0.15) is 0 Å². The van der Waals surface area contributed by atoms with Crippen molar-refractivity contribution in [3.63, 3.8) is 0 Å². The van der Waals surface area contributed by atoms with Gasteiger partial charge in [0.2, 0.25) is 17.8 Å². The molecule has 0 saturated carbocycles. The number of nitrogens with two attached hydrogens (primary N) is 1. The minimum absolute atomic E-state index is 0.0113. The Morgan fingerprint density at radius 3 is 2.88 bits per heavy atom. The Labute approximate surface area is 191 Å². The Kier molecular flexibility index (Phi) is 7.01. The number of anilines is 4. The highest BCUT2D eigenvalue weighted by molar-refractivity contribution is 7.09. The van der Waals surface area contributed by atoms with Crippen LogP contribution in [0.25, 0.3) is 0 Å². The maximum Gasteiger partial charge on any atom is 0.236 e. The molecule has 0 spiro atoms. The quantitative estimate of drug-likeness (QED) is 0.444. The van der Waals surface area contributed by atoms with Gasteiger partial charge in [-0.15, -0.1) is 11.3 Å². The van der Waals surface area contributed by atoms with Crippen LogP contribution >= 0.6 is 11.3 Å². The molecule has 2 aromatic heterocycles.